The van der Waals surface area contributed by atoms with Gasteiger partial charge in [-0.05, 0) is 49.6 Å². The second-order valence-electron chi connectivity index (χ2n) is 6.36. The number of hydrogen-bond donors (Lipinski definition) is 2. The monoisotopic (exact) mass is 363 g/mol. The smallest absolute Gasteiger partial charge is 0.251 e. The van der Waals surface area contributed by atoms with Crippen molar-refractivity contribution in [2.45, 2.75) is 37.3 Å². The lowest BCUT2D eigenvalue weighted by Crippen LogP contribution is -2.37. The largest absolute Gasteiger partial charge is 0.370 e. The van der Waals surface area contributed by atoms with Gasteiger partial charge < -0.3 is 10.1 Å². The highest BCUT2D eigenvalue weighted by molar-refractivity contribution is 7.90. The summed E-state index contributed by atoms with van der Waals surface area (Å²) in [6, 6.07) is 4.64. The SMILES string of the molecule is Cc1cc(S(C)(=O)=O)cc(C(=O)N[C@@H]2CCO[C@H]2c2ccn[nH]2)c1C. The second-order valence-corrected chi connectivity index (χ2v) is 8.37. The Balaban J connectivity index is 1.87. The number of ether oxygens (including phenoxy) is 1. The highest BCUT2D eigenvalue weighted by Gasteiger charge is 2.32. The molecule has 1 aliphatic rings. The van der Waals surface area contributed by atoms with Crippen LogP contribution in [0.4, 0.5) is 0 Å². The minimum absolute atomic E-state index is 0.147. The molecule has 2 aromatic rings. The van der Waals surface area contributed by atoms with Crippen molar-refractivity contribution in [3.63, 3.8) is 0 Å². The number of nitrogens with zero attached hydrogens (tertiary/aromatic N) is 1. The topological polar surface area (TPSA) is 101 Å². The summed E-state index contributed by atoms with van der Waals surface area (Å²) >= 11 is 0. The Morgan fingerprint density at radius 3 is 2.76 bits per heavy atom. The molecule has 1 amide bonds. The first kappa shape index (κ1) is 17.6. The predicted octanol–water partition coefficient (Wildman–Crippen LogP) is 1.69. The fourth-order valence-electron chi connectivity index (χ4n) is 2.99. The molecule has 1 aliphatic heterocycles. The van der Waals surface area contributed by atoms with E-state index in [0.717, 1.165) is 23.1 Å². The standard InChI is InChI=1S/C17H21N3O4S/c1-10-8-12(25(3,22)23)9-13(11(10)2)17(21)19-14-5-7-24-16(14)15-4-6-18-20-15/h4,6,8-9,14,16H,5,7H2,1-3H3,(H,18,20)(H,19,21)/t14-,16-/m1/s1. The van der Waals surface area contributed by atoms with Gasteiger partial charge in [0.05, 0.1) is 16.6 Å². The number of rotatable bonds is 4. The molecule has 25 heavy (non-hydrogen) atoms. The maximum absolute atomic E-state index is 12.8. The summed E-state index contributed by atoms with van der Waals surface area (Å²) in [5.41, 5.74) is 2.71. The molecule has 0 saturated carbocycles. The minimum atomic E-state index is -3.39. The molecule has 1 aromatic carbocycles. The quantitative estimate of drug-likeness (QED) is 0.861. The van der Waals surface area contributed by atoms with Gasteiger partial charge in [0.1, 0.15) is 6.10 Å². The number of aryl methyl sites for hydroxylation is 1. The summed E-state index contributed by atoms with van der Waals surface area (Å²) in [6.45, 7) is 4.15. The molecule has 0 spiro atoms. The van der Waals surface area contributed by atoms with Crippen molar-refractivity contribution in [3.8, 4) is 0 Å². The van der Waals surface area contributed by atoms with Crippen LogP contribution in [0, 0.1) is 13.8 Å². The lowest BCUT2D eigenvalue weighted by molar-refractivity contribution is 0.0807. The number of amides is 1. The van der Waals surface area contributed by atoms with E-state index in [0.29, 0.717) is 18.6 Å². The Hall–Kier alpha value is -2.19. The molecule has 1 saturated heterocycles. The van der Waals surface area contributed by atoms with E-state index in [2.05, 4.69) is 15.5 Å². The van der Waals surface area contributed by atoms with E-state index in [4.69, 9.17) is 4.74 Å². The normalized spacial score (nSPS) is 20.6. The van der Waals surface area contributed by atoms with Crippen LogP contribution < -0.4 is 5.32 Å². The third-order valence-electron chi connectivity index (χ3n) is 4.55. The summed E-state index contributed by atoms with van der Waals surface area (Å²) in [5, 5.41) is 9.76. The number of aromatic nitrogens is 2. The van der Waals surface area contributed by atoms with Crippen molar-refractivity contribution in [1.29, 1.82) is 0 Å². The first-order chi connectivity index (χ1) is 11.8. The Morgan fingerprint density at radius 1 is 1.36 bits per heavy atom. The van der Waals surface area contributed by atoms with Crippen LogP contribution in [0.25, 0.3) is 0 Å². The van der Waals surface area contributed by atoms with E-state index in [1.54, 1.807) is 19.2 Å². The van der Waals surface area contributed by atoms with Crippen LogP contribution in [-0.4, -0.2) is 43.4 Å². The molecule has 1 fully saturated rings. The molecule has 0 aliphatic carbocycles. The molecule has 7 nitrogen and oxygen atoms in total. The van der Waals surface area contributed by atoms with Gasteiger partial charge in [0.25, 0.3) is 5.91 Å². The fraction of sp³-hybridized carbons (Fsp3) is 0.412. The Morgan fingerprint density at radius 2 is 2.12 bits per heavy atom. The summed E-state index contributed by atoms with van der Waals surface area (Å²) < 4.78 is 29.4. The van der Waals surface area contributed by atoms with Crippen molar-refractivity contribution in [2.24, 2.45) is 0 Å². The summed E-state index contributed by atoms with van der Waals surface area (Å²) in [7, 11) is -3.39. The van der Waals surface area contributed by atoms with Crippen molar-refractivity contribution in [1.82, 2.24) is 15.5 Å². The number of hydrogen-bond acceptors (Lipinski definition) is 5. The molecule has 1 aromatic heterocycles. The first-order valence-electron chi connectivity index (χ1n) is 8.00. The maximum Gasteiger partial charge on any atom is 0.251 e. The van der Waals surface area contributed by atoms with E-state index in [1.807, 2.05) is 13.0 Å². The highest BCUT2D eigenvalue weighted by atomic mass is 32.2. The zero-order valence-electron chi connectivity index (χ0n) is 14.4. The average Bonchev–Trinajstić information content (AvgIpc) is 3.19. The van der Waals surface area contributed by atoms with E-state index in [-0.39, 0.29) is 22.9 Å². The third kappa shape index (κ3) is 3.59. The van der Waals surface area contributed by atoms with Gasteiger partial charge >= 0.3 is 0 Å². The molecule has 0 unspecified atom stereocenters. The fourth-order valence-corrected chi connectivity index (χ4v) is 3.71. The van der Waals surface area contributed by atoms with Gasteiger partial charge in [0.15, 0.2) is 9.84 Å². The summed E-state index contributed by atoms with van der Waals surface area (Å²) in [6.07, 6.45) is 3.17. The van der Waals surface area contributed by atoms with Crippen LogP contribution in [0.5, 0.6) is 0 Å². The van der Waals surface area contributed by atoms with Gasteiger partial charge in [-0.15, -0.1) is 0 Å². The van der Waals surface area contributed by atoms with Crippen molar-refractivity contribution >= 4 is 15.7 Å². The number of nitrogens with one attached hydrogen (secondary N) is 2. The zero-order chi connectivity index (χ0) is 18.2. The zero-order valence-corrected chi connectivity index (χ0v) is 15.2. The van der Waals surface area contributed by atoms with Gasteiger partial charge in [-0.3, -0.25) is 9.89 Å². The van der Waals surface area contributed by atoms with E-state index in [9.17, 15) is 13.2 Å². The number of H-pyrrole nitrogens is 1. The van der Waals surface area contributed by atoms with Gasteiger partial charge in [0, 0.05) is 24.6 Å². The molecule has 2 atom stereocenters. The molecular formula is C17H21N3O4S. The van der Waals surface area contributed by atoms with Gasteiger partial charge in [-0.25, -0.2) is 8.42 Å². The van der Waals surface area contributed by atoms with E-state index >= 15 is 0 Å². The number of carbonyl (C=O) groups is 1. The average molecular weight is 363 g/mol. The predicted molar refractivity (Wildman–Crippen MR) is 92.2 cm³/mol. The minimum Gasteiger partial charge on any atom is -0.370 e. The van der Waals surface area contributed by atoms with Gasteiger partial charge in [0.2, 0.25) is 0 Å². The number of sulfone groups is 1. The number of benzene rings is 1. The van der Waals surface area contributed by atoms with Crippen molar-refractivity contribution < 1.29 is 17.9 Å². The molecule has 0 radical (unpaired) electrons. The molecular weight excluding hydrogens is 342 g/mol. The molecule has 0 bridgehead atoms. The molecule has 134 valence electrons. The first-order valence-corrected chi connectivity index (χ1v) is 9.89. The van der Waals surface area contributed by atoms with Crippen LogP contribution in [0.1, 0.15) is 39.7 Å². The van der Waals surface area contributed by atoms with E-state index in [1.165, 1.54) is 6.07 Å². The summed E-state index contributed by atoms with van der Waals surface area (Å²) in [4.78, 5) is 12.9. The second kappa shape index (κ2) is 6.61. The lowest BCUT2D eigenvalue weighted by Gasteiger charge is -2.20. The van der Waals surface area contributed by atoms with Crippen LogP contribution in [-0.2, 0) is 14.6 Å². The number of carbonyl (C=O) groups excluding carboxylic acids is 1. The Labute approximate surface area is 146 Å². The van der Waals surface area contributed by atoms with Crippen LogP contribution in [0.3, 0.4) is 0 Å². The van der Waals surface area contributed by atoms with Gasteiger partial charge in [-0.1, -0.05) is 0 Å². The maximum atomic E-state index is 12.8. The van der Waals surface area contributed by atoms with Crippen LogP contribution >= 0.6 is 0 Å². The van der Waals surface area contributed by atoms with Crippen LogP contribution in [0.2, 0.25) is 0 Å². The number of aromatic amines is 1. The Kier molecular flexibility index (Phi) is 4.66. The van der Waals surface area contributed by atoms with Crippen molar-refractivity contribution in [3.05, 3.63) is 46.8 Å². The third-order valence-corrected chi connectivity index (χ3v) is 5.64. The Bertz CT molecular complexity index is 891. The highest BCUT2D eigenvalue weighted by Crippen LogP contribution is 2.28. The molecule has 2 heterocycles. The summed E-state index contributed by atoms with van der Waals surface area (Å²) in [5.74, 6) is -0.300. The molecule has 2 N–H and O–H groups in total. The van der Waals surface area contributed by atoms with Crippen molar-refractivity contribution in [2.75, 3.05) is 12.9 Å². The van der Waals surface area contributed by atoms with Gasteiger partial charge in [-0.2, -0.15) is 5.10 Å². The molecule has 3 rings (SSSR count). The van der Waals surface area contributed by atoms with Crippen LogP contribution in [0.15, 0.2) is 29.3 Å². The van der Waals surface area contributed by atoms with E-state index < -0.39 is 9.84 Å². The molecule has 8 heteroatoms. The lowest BCUT2D eigenvalue weighted by atomic mass is 10.0.